The summed E-state index contributed by atoms with van der Waals surface area (Å²) in [6, 6.07) is 0.364. The third-order valence-corrected chi connectivity index (χ3v) is 4.33. The van der Waals surface area contributed by atoms with Crippen molar-refractivity contribution < 1.29 is 14.7 Å². The van der Waals surface area contributed by atoms with Gasteiger partial charge in [0.1, 0.15) is 0 Å². The summed E-state index contributed by atoms with van der Waals surface area (Å²) in [4.78, 5) is 21.4. The molecule has 2 rings (SSSR count). The van der Waals surface area contributed by atoms with E-state index in [1.807, 2.05) is 11.8 Å². The van der Waals surface area contributed by atoms with E-state index in [9.17, 15) is 9.59 Å². The van der Waals surface area contributed by atoms with Crippen molar-refractivity contribution in [1.82, 2.24) is 10.6 Å². The van der Waals surface area contributed by atoms with Gasteiger partial charge in [-0.05, 0) is 12.8 Å². The number of amides is 2. The molecule has 2 fully saturated rings. The van der Waals surface area contributed by atoms with Gasteiger partial charge in [0.05, 0.1) is 12.1 Å². The monoisotopic (exact) mass is 242 g/mol. The van der Waals surface area contributed by atoms with Crippen molar-refractivity contribution in [2.45, 2.75) is 30.2 Å². The molecule has 2 amide bonds. The zero-order chi connectivity index (χ0) is 11.5. The molecule has 0 unspecified atom stereocenters. The number of carbonyl (C=O) groups excluding carboxylic acids is 1. The normalized spacial score (nSPS) is 32.5. The average molecular weight is 242 g/mol. The lowest BCUT2D eigenvalue weighted by Crippen LogP contribution is -2.36. The molecule has 3 atom stereocenters. The summed E-state index contributed by atoms with van der Waals surface area (Å²) in [5.41, 5.74) is 0. The molecule has 0 saturated carbocycles. The molecule has 88 valence electrons. The highest BCUT2D eigenvalue weighted by molar-refractivity contribution is 8.00. The predicted molar refractivity (Wildman–Crippen MR) is 61.5 cm³/mol. The summed E-state index contributed by atoms with van der Waals surface area (Å²) >= 11 is 1.84. The van der Waals surface area contributed by atoms with Crippen LogP contribution < -0.4 is 10.6 Å². The summed E-state index contributed by atoms with van der Waals surface area (Å²) < 4.78 is 0. The van der Waals surface area contributed by atoms with Gasteiger partial charge in [-0.25, -0.2) is 9.59 Å². The Labute approximate surface area is 97.7 Å². The van der Waals surface area contributed by atoms with Crippen molar-refractivity contribution in [3.8, 4) is 0 Å². The first kappa shape index (κ1) is 11.3. The van der Waals surface area contributed by atoms with E-state index >= 15 is 0 Å². The number of hydrogen-bond donors (Lipinski definition) is 3. The van der Waals surface area contributed by atoms with Gasteiger partial charge in [0.15, 0.2) is 0 Å². The fourth-order valence-electron chi connectivity index (χ4n) is 2.09. The number of carbonyl (C=O) groups is 2. The van der Waals surface area contributed by atoms with E-state index < -0.39 is 5.97 Å². The van der Waals surface area contributed by atoms with Crippen LogP contribution in [0.5, 0.6) is 0 Å². The van der Waals surface area contributed by atoms with Crippen molar-refractivity contribution in [3.63, 3.8) is 0 Å². The second-order valence-electron chi connectivity index (χ2n) is 3.94. The molecular weight excluding hydrogens is 228 g/mol. The molecule has 2 aliphatic rings. The van der Waals surface area contributed by atoms with Gasteiger partial charge < -0.3 is 15.7 Å². The first-order valence-corrected chi connectivity index (χ1v) is 6.30. The van der Waals surface area contributed by atoms with E-state index in [4.69, 9.17) is 5.11 Å². The Balaban J connectivity index is 1.78. The maximum absolute atomic E-state index is 11.1. The molecule has 2 heterocycles. The fourth-order valence-corrected chi connectivity index (χ4v) is 3.60. The number of fused-ring (bicyclic) bond motifs is 1. The highest BCUT2D eigenvalue weighted by Gasteiger charge is 2.42. The molecule has 0 spiro atoms. The quantitative estimate of drug-likeness (QED) is 0.497. The second-order valence-corrected chi connectivity index (χ2v) is 5.21. The largest absolute Gasteiger partial charge is 0.478 e. The molecule has 0 bridgehead atoms. The standard InChI is InChI=1S/C10H14N2O3S/c13-8(14)4-2-1-3-7-9-6(5-16-7)11-10(15)12-9/h2,4,6-7,9H,1,3,5H2,(H,13,14)(H2,11,12,15)/b4-2+/t6-,7-,9-/m0/s1. The topological polar surface area (TPSA) is 78.4 Å². The van der Waals surface area contributed by atoms with Crippen molar-refractivity contribution in [3.05, 3.63) is 12.2 Å². The van der Waals surface area contributed by atoms with Gasteiger partial charge in [-0.15, -0.1) is 0 Å². The van der Waals surface area contributed by atoms with Gasteiger partial charge >= 0.3 is 12.0 Å². The number of urea groups is 1. The van der Waals surface area contributed by atoms with Gasteiger partial charge in [-0.3, -0.25) is 0 Å². The van der Waals surface area contributed by atoms with Crippen LogP contribution in [-0.2, 0) is 4.79 Å². The molecular formula is C10H14N2O3S. The molecule has 0 aromatic rings. The third-order valence-electron chi connectivity index (χ3n) is 2.82. The van der Waals surface area contributed by atoms with E-state index in [0.717, 1.165) is 18.6 Å². The summed E-state index contributed by atoms with van der Waals surface area (Å²) in [6.45, 7) is 0. The Morgan fingerprint density at radius 2 is 2.38 bits per heavy atom. The number of rotatable bonds is 4. The highest BCUT2D eigenvalue weighted by atomic mass is 32.2. The Kier molecular flexibility index (Phi) is 3.38. The zero-order valence-corrected chi connectivity index (χ0v) is 9.50. The lowest BCUT2D eigenvalue weighted by Gasteiger charge is -2.15. The van der Waals surface area contributed by atoms with Crippen LogP contribution in [0.2, 0.25) is 0 Å². The van der Waals surface area contributed by atoms with Crippen LogP contribution in [0.1, 0.15) is 12.8 Å². The van der Waals surface area contributed by atoms with Gasteiger partial charge in [0.2, 0.25) is 0 Å². The maximum atomic E-state index is 11.1. The van der Waals surface area contributed by atoms with Crippen molar-refractivity contribution in [1.29, 1.82) is 0 Å². The number of thioether (sulfide) groups is 1. The first-order chi connectivity index (χ1) is 7.66. The number of carboxylic acid groups (broad SMARTS) is 1. The fraction of sp³-hybridized carbons (Fsp3) is 0.600. The number of nitrogens with one attached hydrogen (secondary N) is 2. The van der Waals surface area contributed by atoms with Crippen LogP contribution in [0.15, 0.2) is 12.2 Å². The molecule has 0 radical (unpaired) electrons. The van der Waals surface area contributed by atoms with Crippen LogP contribution in [-0.4, -0.2) is 40.2 Å². The molecule has 2 aliphatic heterocycles. The summed E-state index contributed by atoms with van der Waals surface area (Å²) in [7, 11) is 0. The minimum Gasteiger partial charge on any atom is -0.478 e. The average Bonchev–Trinajstić information content (AvgIpc) is 2.72. The molecule has 6 heteroatoms. The lowest BCUT2D eigenvalue weighted by molar-refractivity contribution is -0.131. The molecule has 0 aromatic carbocycles. The number of aliphatic carboxylic acids is 1. The van der Waals surface area contributed by atoms with E-state index in [1.165, 1.54) is 6.08 Å². The van der Waals surface area contributed by atoms with E-state index in [1.54, 1.807) is 6.08 Å². The Bertz CT molecular complexity index is 332. The third kappa shape index (κ3) is 2.49. The van der Waals surface area contributed by atoms with Crippen molar-refractivity contribution in [2.24, 2.45) is 0 Å². The predicted octanol–water partition coefficient (Wildman–Crippen LogP) is 0.573. The van der Waals surface area contributed by atoms with E-state index in [2.05, 4.69) is 10.6 Å². The van der Waals surface area contributed by atoms with Crippen LogP contribution in [0, 0.1) is 0 Å². The van der Waals surface area contributed by atoms with Gasteiger partial charge in [0, 0.05) is 17.1 Å². The zero-order valence-electron chi connectivity index (χ0n) is 8.68. The lowest BCUT2D eigenvalue weighted by atomic mass is 10.0. The SMILES string of the molecule is O=C(O)/C=C/CC[C@@H]1SC[C@@H]2NC(=O)N[C@@H]21. The van der Waals surface area contributed by atoms with Crippen LogP contribution in [0.25, 0.3) is 0 Å². The number of carboxylic acids is 1. The Hall–Kier alpha value is -1.17. The Morgan fingerprint density at radius 1 is 1.56 bits per heavy atom. The van der Waals surface area contributed by atoms with Crippen LogP contribution in [0.4, 0.5) is 4.79 Å². The molecule has 2 saturated heterocycles. The van der Waals surface area contributed by atoms with Crippen molar-refractivity contribution in [2.75, 3.05) is 5.75 Å². The minimum absolute atomic E-state index is 0.0821. The smallest absolute Gasteiger partial charge is 0.327 e. The van der Waals surface area contributed by atoms with Crippen LogP contribution in [0.3, 0.4) is 0 Å². The second kappa shape index (κ2) is 4.78. The summed E-state index contributed by atoms with van der Waals surface area (Å²) in [6.07, 6.45) is 4.48. The molecule has 5 nitrogen and oxygen atoms in total. The van der Waals surface area contributed by atoms with Crippen molar-refractivity contribution >= 4 is 23.8 Å². The van der Waals surface area contributed by atoms with E-state index in [0.29, 0.717) is 5.25 Å². The van der Waals surface area contributed by atoms with Gasteiger partial charge in [-0.1, -0.05) is 6.08 Å². The maximum Gasteiger partial charge on any atom is 0.327 e. The Morgan fingerprint density at radius 3 is 3.12 bits per heavy atom. The molecule has 0 aliphatic carbocycles. The van der Waals surface area contributed by atoms with E-state index in [-0.39, 0.29) is 18.1 Å². The van der Waals surface area contributed by atoms with Gasteiger partial charge in [0.25, 0.3) is 0 Å². The summed E-state index contributed by atoms with van der Waals surface area (Å²) in [5.74, 6) is 0.0317. The van der Waals surface area contributed by atoms with Gasteiger partial charge in [-0.2, -0.15) is 11.8 Å². The number of allylic oxidation sites excluding steroid dienone is 1. The molecule has 0 aromatic heterocycles. The minimum atomic E-state index is -0.909. The summed E-state index contributed by atoms with van der Waals surface area (Å²) in [5, 5.41) is 14.6. The molecule has 3 N–H and O–H groups in total. The highest BCUT2D eigenvalue weighted by Crippen LogP contribution is 2.32. The number of hydrogen-bond acceptors (Lipinski definition) is 3. The first-order valence-electron chi connectivity index (χ1n) is 5.25. The molecule has 16 heavy (non-hydrogen) atoms. The van der Waals surface area contributed by atoms with Crippen LogP contribution >= 0.6 is 11.8 Å².